The molecule has 3 aromatic rings. The van der Waals surface area contributed by atoms with Crippen molar-refractivity contribution in [3.8, 4) is 41.1 Å². The molecule has 3 N–H and O–H groups in total. The number of esters is 1. The van der Waals surface area contributed by atoms with Crippen molar-refractivity contribution in [1.29, 1.82) is 0 Å². The van der Waals surface area contributed by atoms with Gasteiger partial charge in [0.15, 0.2) is 23.0 Å². The van der Waals surface area contributed by atoms with E-state index in [9.17, 15) is 24.9 Å². The van der Waals surface area contributed by atoms with E-state index in [2.05, 4.69) is 5.92 Å². The molecular weight excluding hydrogens is 500 g/mol. The molecule has 8 heteroatoms. The lowest BCUT2D eigenvalue weighted by molar-refractivity contribution is -0.158. The Morgan fingerprint density at radius 2 is 1.44 bits per heavy atom. The molecule has 1 fully saturated rings. The molecule has 0 radical (unpaired) electrons. The molecule has 0 amide bonds. The number of allylic oxidation sites excluding steroid dienone is 1. The molecule has 2 atom stereocenters. The number of phenolic OH excluding ortho intramolecular Hbond substituents is 2. The zero-order valence-corrected chi connectivity index (χ0v) is 21.6. The van der Waals surface area contributed by atoms with Crippen LogP contribution in [0.2, 0.25) is 0 Å². The minimum Gasteiger partial charge on any atom is -0.504 e. The molecule has 8 nitrogen and oxygen atoms in total. The van der Waals surface area contributed by atoms with Gasteiger partial charge in [-0.3, -0.25) is 9.59 Å². The van der Waals surface area contributed by atoms with Gasteiger partial charge in [0.25, 0.3) is 0 Å². The Balaban J connectivity index is 1.83. The lowest BCUT2D eigenvalue weighted by Crippen LogP contribution is -2.52. The fraction of sp³-hybridized carbons (Fsp3) is 0.226. The van der Waals surface area contributed by atoms with Crippen LogP contribution in [-0.2, 0) is 9.59 Å². The highest BCUT2D eigenvalue weighted by molar-refractivity contribution is 5.86. The Labute approximate surface area is 226 Å². The van der Waals surface area contributed by atoms with Gasteiger partial charge in [-0.2, -0.15) is 0 Å². The van der Waals surface area contributed by atoms with Gasteiger partial charge in [-0.25, -0.2) is 0 Å². The van der Waals surface area contributed by atoms with Crippen LogP contribution >= 0.6 is 0 Å². The highest BCUT2D eigenvalue weighted by Crippen LogP contribution is 2.59. The van der Waals surface area contributed by atoms with E-state index in [1.165, 1.54) is 44.6 Å². The molecule has 39 heavy (non-hydrogen) atoms. The maximum Gasteiger partial charge on any atom is 0.315 e. The molecule has 0 unspecified atom stereocenters. The van der Waals surface area contributed by atoms with Gasteiger partial charge < -0.3 is 29.5 Å². The average Bonchev–Trinajstić information content (AvgIpc) is 2.89. The van der Waals surface area contributed by atoms with Crippen LogP contribution in [-0.4, -0.2) is 41.5 Å². The maximum absolute atomic E-state index is 13.9. The minimum absolute atomic E-state index is 0.115. The van der Waals surface area contributed by atoms with E-state index in [0.717, 1.165) is 5.56 Å². The molecule has 0 aromatic heterocycles. The van der Waals surface area contributed by atoms with E-state index in [-0.39, 0.29) is 28.7 Å². The summed E-state index contributed by atoms with van der Waals surface area (Å²) in [6.45, 7) is 1.86. The van der Waals surface area contributed by atoms with Crippen LogP contribution in [0.4, 0.5) is 0 Å². The fourth-order valence-electron chi connectivity index (χ4n) is 5.25. The number of carboxylic acids is 1. The Morgan fingerprint density at radius 3 is 1.92 bits per heavy atom. The number of methoxy groups -OCH3 is 2. The maximum atomic E-state index is 13.9. The molecule has 1 aliphatic carbocycles. The fourth-order valence-corrected chi connectivity index (χ4v) is 5.25. The molecule has 1 saturated carbocycles. The lowest BCUT2D eigenvalue weighted by atomic mass is 9.52. The average molecular weight is 529 g/mol. The summed E-state index contributed by atoms with van der Waals surface area (Å²) in [6, 6.07) is 14.2. The number of benzene rings is 3. The van der Waals surface area contributed by atoms with Gasteiger partial charge in [0.2, 0.25) is 0 Å². The van der Waals surface area contributed by atoms with E-state index in [1.807, 2.05) is 13.0 Å². The van der Waals surface area contributed by atoms with Gasteiger partial charge in [0.1, 0.15) is 5.75 Å². The normalized spacial score (nSPS) is 20.1. The van der Waals surface area contributed by atoms with Gasteiger partial charge in [-0.05, 0) is 66.1 Å². The van der Waals surface area contributed by atoms with Crippen LogP contribution < -0.4 is 14.2 Å². The number of carbonyl (C=O) groups excluding carboxylic acids is 1. The van der Waals surface area contributed by atoms with Crippen LogP contribution in [0.5, 0.6) is 28.7 Å². The van der Waals surface area contributed by atoms with E-state index in [0.29, 0.717) is 16.7 Å². The molecule has 1 aliphatic rings. The largest absolute Gasteiger partial charge is 0.504 e. The van der Waals surface area contributed by atoms with E-state index in [1.54, 1.807) is 30.3 Å². The van der Waals surface area contributed by atoms with Crippen molar-refractivity contribution in [2.45, 2.75) is 18.8 Å². The van der Waals surface area contributed by atoms with Gasteiger partial charge >= 0.3 is 11.9 Å². The second-order valence-electron chi connectivity index (χ2n) is 9.21. The molecular formula is C31H28O8. The van der Waals surface area contributed by atoms with Crippen molar-refractivity contribution >= 4 is 18.0 Å². The molecule has 0 bridgehead atoms. The summed E-state index contributed by atoms with van der Waals surface area (Å²) in [5.41, 5.74) is 2.46. The molecule has 4 rings (SSSR count). The second kappa shape index (κ2) is 11.2. The number of terminal acetylenes is 1. The van der Waals surface area contributed by atoms with Crippen LogP contribution in [0.1, 0.15) is 34.1 Å². The number of aliphatic carboxylic acids is 1. The Morgan fingerprint density at radius 1 is 0.872 bits per heavy atom. The summed E-state index contributed by atoms with van der Waals surface area (Å²) in [6.07, 6.45) is 8.55. The summed E-state index contributed by atoms with van der Waals surface area (Å²) in [5.74, 6) is -2.52. The third-order valence-corrected chi connectivity index (χ3v) is 7.12. The highest BCUT2D eigenvalue weighted by atomic mass is 16.5. The number of aryl methyl sites for hydroxylation is 1. The summed E-state index contributed by atoms with van der Waals surface area (Å²) < 4.78 is 16.4. The summed E-state index contributed by atoms with van der Waals surface area (Å²) in [7, 11) is 2.77. The smallest absolute Gasteiger partial charge is 0.315 e. The summed E-state index contributed by atoms with van der Waals surface area (Å²) in [4.78, 5) is 26.5. The molecule has 3 aromatic carbocycles. The van der Waals surface area contributed by atoms with Crippen molar-refractivity contribution < 1.29 is 39.1 Å². The predicted octanol–water partition coefficient (Wildman–Crippen LogP) is 4.87. The first kappa shape index (κ1) is 27.1. The quantitative estimate of drug-likeness (QED) is 0.215. The zero-order valence-electron chi connectivity index (χ0n) is 21.6. The number of phenols is 2. The van der Waals surface area contributed by atoms with Gasteiger partial charge in [-0.15, -0.1) is 6.42 Å². The van der Waals surface area contributed by atoms with Crippen LogP contribution in [0.3, 0.4) is 0 Å². The number of carboxylic acid groups (broad SMARTS) is 1. The topological polar surface area (TPSA) is 123 Å². The van der Waals surface area contributed by atoms with E-state index in [4.69, 9.17) is 20.6 Å². The lowest BCUT2D eigenvalue weighted by Gasteiger charge is -2.49. The highest BCUT2D eigenvalue weighted by Gasteiger charge is 2.59. The molecule has 0 saturated heterocycles. The SMILES string of the molecule is C#C/C=C\c1c(C)cccc1OC(=O)C1[C@H](c2ccc(O)c(OC)c2)C(C(=O)O)[C@H]1c1ccc(O)c(OC)c1. The van der Waals surface area contributed by atoms with Crippen molar-refractivity contribution in [2.75, 3.05) is 14.2 Å². The first-order valence-electron chi connectivity index (χ1n) is 12.1. The third kappa shape index (κ3) is 5.12. The number of ether oxygens (including phenoxy) is 3. The van der Waals surface area contributed by atoms with Crippen molar-refractivity contribution in [1.82, 2.24) is 0 Å². The van der Waals surface area contributed by atoms with Crippen molar-refractivity contribution in [3.05, 3.63) is 82.9 Å². The summed E-state index contributed by atoms with van der Waals surface area (Å²) in [5, 5.41) is 30.5. The third-order valence-electron chi connectivity index (χ3n) is 7.12. The van der Waals surface area contributed by atoms with Crippen molar-refractivity contribution in [2.24, 2.45) is 11.8 Å². The number of hydrogen-bond acceptors (Lipinski definition) is 7. The van der Waals surface area contributed by atoms with Crippen LogP contribution in [0.15, 0.2) is 60.7 Å². The molecule has 0 spiro atoms. The predicted molar refractivity (Wildman–Crippen MR) is 144 cm³/mol. The van der Waals surface area contributed by atoms with Gasteiger partial charge in [0, 0.05) is 17.4 Å². The number of hydrogen-bond donors (Lipinski definition) is 3. The van der Waals surface area contributed by atoms with Gasteiger partial charge in [0.05, 0.1) is 26.1 Å². The standard InChI is InChI=1S/C31H28O8/c1-5-6-9-20-17(2)8-7-10-23(20)39-31(36)29-26(18-11-13-21(32)24(15-18)37-3)28(30(34)35)27(29)19-12-14-22(33)25(16-19)38-4/h1,6-16,26-29,32-33H,2-4H3,(H,34,35)/b9-6-/t26-,27-,28?,29?/m1/s1. The number of aromatic hydroxyl groups is 2. The molecule has 200 valence electrons. The number of rotatable bonds is 8. The minimum atomic E-state index is -1.11. The first-order valence-corrected chi connectivity index (χ1v) is 12.1. The zero-order chi connectivity index (χ0) is 28.3. The Bertz CT molecular complexity index is 1420. The van der Waals surface area contributed by atoms with Crippen molar-refractivity contribution in [3.63, 3.8) is 0 Å². The first-order chi connectivity index (χ1) is 18.7. The summed E-state index contributed by atoms with van der Waals surface area (Å²) >= 11 is 0. The van der Waals surface area contributed by atoms with E-state index < -0.39 is 35.6 Å². The second-order valence-corrected chi connectivity index (χ2v) is 9.21. The van der Waals surface area contributed by atoms with Crippen LogP contribution in [0, 0.1) is 31.1 Å². The molecule has 0 aliphatic heterocycles. The van der Waals surface area contributed by atoms with E-state index >= 15 is 0 Å². The van der Waals surface area contributed by atoms with Crippen LogP contribution in [0.25, 0.3) is 6.08 Å². The number of carbonyl (C=O) groups is 2. The Kier molecular flexibility index (Phi) is 7.82. The monoisotopic (exact) mass is 528 g/mol. The molecule has 0 heterocycles. The van der Waals surface area contributed by atoms with Gasteiger partial charge in [-0.1, -0.05) is 30.2 Å². The Hall–Kier alpha value is -4.90.